The van der Waals surface area contributed by atoms with Crippen molar-refractivity contribution in [2.45, 2.75) is 106 Å². The molecule has 3 N–H and O–H groups in total. The minimum atomic E-state index is -1.21. The Kier molecular flexibility index (Phi) is 29.3. The first-order valence-corrected chi connectivity index (χ1v) is 28.3. The molecule has 482 valence electrons. The van der Waals surface area contributed by atoms with Gasteiger partial charge in [-0.15, -0.1) is 0 Å². The van der Waals surface area contributed by atoms with Gasteiger partial charge >= 0.3 is 41.6 Å². The largest absolute Gasteiger partial charge is 1.00 e. The molecule has 4 amide bonds. The summed E-state index contributed by atoms with van der Waals surface area (Å²) in [7, 11) is 1.07. The summed E-state index contributed by atoms with van der Waals surface area (Å²) in [6.07, 6.45) is 7.56. The number of aromatic nitrogens is 1. The smallest absolute Gasteiger partial charge is 0.662 e. The van der Waals surface area contributed by atoms with Gasteiger partial charge in [0.1, 0.15) is 65.5 Å². The number of fused-ring (bicyclic) bond motifs is 4. The summed E-state index contributed by atoms with van der Waals surface area (Å²) in [5, 5.41) is 23.4. The van der Waals surface area contributed by atoms with Crippen LogP contribution in [0.4, 0.5) is 31.1 Å². The third-order valence-electron chi connectivity index (χ3n) is 14.8. The number of allylic oxidation sites excluding steroid dienone is 1. The number of methoxy groups -OCH3 is 1. The van der Waals surface area contributed by atoms with E-state index < -0.39 is 122 Å². The molecule has 2 bridgehead atoms. The van der Waals surface area contributed by atoms with E-state index in [9.17, 15) is 65.0 Å². The summed E-state index contributed by atoms with van der Waals surface area (Å²) in [5.74, 6) is -11.4. The number of hydrogen-bond acceptors (Lipinski definition) is 15. The van der Waals surface area contributed by atoms with Gasteiger partial charge in [-0.1, -0.05) is 107 Å². The SMILES string of the molecule is CC.COC(=O)c1occ(C(=O)NCc2c(F)cc(F)cc2F)c(=O)c1OCc1ccccc1.C[C@@H]1CN(C(=O)OCc2ccccc2)[C@@H](C)C=C[C@@H]1C.C[C@H]1CC[C@H](C)N2C[C@H]1n1cc(C(=O)NCc3c(F)cc(F)cc3F)c(=O)c(O)c1C2=O.O=CO[O-].[Na+]. The zero-order chi connectivity index (χ0) is 66.5. The number of rotatable bonds is 13. The van der Waals surface area contributed by atoms with Crippen LogP contribution in [0.25, 0.3) is 0 Å². The van der Waals surface area contributed by atoms with Crippen LogP contribution in [0.15, 0.2) is 124 Å². The monoisotopic (exact) mass is 1280 g/mol. The Morgan fingerprint density at radius 3 is 1.73 bits per heavy atom. The molecule has 9 rings (SSSR count). The van der Waals surface area contributed by atoms with E-state index in [1.54, 1.807) is 35.2 Å². The van der Waals surface area contributed by atoms with Crippen molar-refractivity contribution in [1.29, 1.82) is 0 Å². The number of amides is 4. The Labute approximate surface area is 542 Å². The standard InChI is InChI=1S/C22H22F3N3O4.C22H16F3NO6.C17H23NO2.C2H6.CH2O3.Na/c1-10-3-4-11(2)27-9-17(10)28-8-14(19(29)20(30)18(28)22(27)32)21(31)26-7-13-15(24)5-12(23)6-16(13)25;1-30-22(29)20-19(31-10-12-5-3-2-4-6-12)18(27)15(11-32-20)21(28)26-9-14-16(24)7-13(23)8-17(14)25;1-13-9-10-15(3)18(11-14(13)2)17(19)20-12-16-7-5-4-6-8-16;1-2;2-1-4-3;/h5-6,8,10-11,17,30H,3-4,7,9H2,1-2H3,(H,26,31);2-8,11H,9-10H2,1H3,(H,26,28);4-10,13-15H,11-12H2,1-3H3;1-2H3;1,3H;/q;;;;;+1/p-1/t10-,11-,17+;;13-,14+,15-;;;/m0.0.../s1. The number of aromatic hydroxyl groups is 1. The summed E-state index contributed by atoms with van der Waals surface area (Å²) in [6, 6.07) is 20.1. The van der Waals surface area contributed by atoms with Gasteiger partial charge in [0.15, 0.2) is 11.4 Å². The van der Waals surface area contributed by atoms with Crippen molar-refractivity contribution in [3.63, 3.8) is 0 Å². The zero-order valence-electron chi connectivity index (χ0n) is 51.4. The van der Waals surface area contributed by atoms with Crippen LogP contribution in [0.3, 0.4) is 0 Å². The molecule has 4 aromatic carbocycles. The van der Waals surface area contributed by atoms with Crippen LogP contribution in [0.1, 0.15) is 131 Å². The first-order chi connectivity index (χ1) is 42.9. The Bertz CT molecular complexity index is 3610. The van der Waals surface area contributed by atoms with Crippen molar-refractivity contribution < 1.29 is 119 Å². The molecular weight excluding hydrogens is 1220 g/mol. The Morgan fingerprint density at radius 2 is 1.22 bits per heavy atom. The molecule has 1 fully saturated rings. The molecule has 91 heavy (non-hydrogen) atoms. The summed E-state index contributed by atoms with van der Waals surface area (Å²) in [5.41, 5.74) is -2.75. The van der Waals surface area contributed by atoms with Crippen molar-refractivity contribution in [3.05, 3.63) is 210 Å². The van der Waals surface area contributed by atoms with Crippen molar-refractivity contribution >= 4 is 36.3 Å². The molecule has 1 saturated heterocycles. The number of hydrogen-bond donors (Lipinski definition) is 3. The van der Waals surface area contributed by atoms with E-state index in [0.29, 0.717) is 61.1 Å². The van der Waals surface area contributed by atoms with E-state index in [-0.39, 0.29) is 78.5 Å². The minimum absolute atomic E-state index is 0. The maximum atomic E-state index is 13.8. The molecule has 0 aliphatic carbocycles. The fourth-order valence-corrected chi connectivity index (χ4v) is 9.48. The maximum Gasteiger partial charge on any atom is 1.00 e. The fourth-order valence-electron chi connectivity index (χ4n) is 9.48. The van der Waals surface area contributed by atoms with E-state index in [4.69, 9.17) is 23.9 Å². The molecule has 20 nitrogen and oxygen atoms in total. The molecule has 27 heteroatoms. The van der Waals surface area contributed by atoms with Gasteiger partial charge in [0, 0.05) is 73.8 Å². The summed E-state index contributed by atoms with van der Waals surface area (Å²) < 4.78 is 103. The summed E-state index contributed by atoms with van der Waals surface area (Å²) >= 11 is 0. The van der Waals surface area contributed by atoms with Gasteiger partial charge in [-0.25, -0.2) is 35.9 Å². The van der Waals surface area contributed by atoms with E-state index in [1.165, 1.54) is 10.8 Å². The molecule has 6 atom stereocenters. The van der Waals surface area contributed by atoms with Gasteiger partial charge in [-0.05, 0) is 55.6 Å². The molecule has 0 spiro atoms. The van der Waals surface area contributed by atoms with Crippen LogP contribution in [-0.2, 0) is 45.5 Å². The van der Waals surface area contributed by atoms with Crippen molar-refractivity contribution in [2.24, 2.45) is 17.8 Å². The van der Waals surface area contributed by atoms with E-state index in [1.807, 2.05) is 69.9 Å². The Hall–Kier alpha value is -8.72. The first kappa shape index (κ1) is 74.7. The molecule has 3 aliphatic heterocycles. The van der Waals surface area contributed by atoms with E-state index >= 15 is 0 Å². The average molecular weight is 1280 g/mol. The molecular formula is C64H68F6N5NaO15. The second-order valence-corrected chi connectivity index (χ2v) is 20.7. The maximum absolute atomic E-state index is 13.8. The van der Waals surface area contributed by atoms with Gasteiger partial charge < -0.3 is 58.9 Å². The van der Waals surface area contributed by atoms with Gasteiger partial charge in [0.2, 0.25) is 16.6 Å². The quantitative estimate of drug-likeness (QED) is 0.0215. The Balaban J connectivity index is 0.000000284. The number of carbonyl (C=O) groups excluding carboxylic acids is 6. The van der Waals surface area contributed by atoms with Crippen LogP contribution >= 0.6 is 0 Å². The average Bonchev–Trinajstić information content (AvgIpc) is 1.73. The van der Waals surface area contributed by atoms with Crippen LogP contribution < -0.4 is 61.0 Å². The Morgan fingerprint density at radius 1 is 0.714 bits per heavy atom. The number of pyridine rings is 1. The van der Waals surface area contributed by atoms with Gasteiger partial charge in [-0.3, -0.25) is 28.8 Å². The third-order valence-corrected chi connectivity index (χ3v) is 14.8. The molecule has 0 unspecified atom stereocenters. The molecule has 6 aromatic rings. The number of nitrogens with one attached hydrogen (secondary N) is 2. The van der Waals surface area contributed by atoms with Gasteiger partial charge in [0.25, 0.3) is 30.0 Å². The minimum Gasteiger partial charge on any atom is -0.662 e. The number of carbonyl (C=O) groups is 6. The van der Waals surface area contributed by atoms with Crippen LogP contribution in [0.5, 0.6) is 11.5 Å². The molecule has 0 saturated carbocycles. The van der Waals surface area contributed by atoms with E-state index in [2.05, 4.69) is 46.3 Å². The predicted molar refractivity (Wildman–Crippen MR) is 311 cm³/mol. The molecule has 2 aromatic heterocycles. The second kappa shape index (κ2) is 35.6. The van der Waals surface area contributed by atoms with E-state index in [0.717, 1.165) is 32.1 Å². The molecule has 5 heterocycles. The third kappa shape index (κ3) is 19.6. The topological polar surface area (TPSA) is 265 Å². The first-order valence-electron chi connectivity index (χ1n) is 28.3. The normalized spacial score (nSPS) is 17.6. The molecule has 0 radical (unpaired) electrons. The zero-order valence-corrected chi connectivity index (χ0v) is 53.4. The van der Waals surface area contributed by atoms with Gasteiger partial charge in [-0.2, -0.15) is 0 Å². The number of nitrogens with zero attached hydrogens (tertiary/aromatic N) is 3. The van der Waals surface area contributed by atoms with Gasteiger partial charge in [0.05, 0.1) is 19.2 Å². The summed E-state index contributed by atoms with van der Waals surface area (Å²) in [6.45, 7) is 14.1. The number of halogens is 6. The number of benzene rings is 4. The van der Waals surface area contributed by atoms with Crippen LogP contribution in [0.2, 0.25) is 0 Å². The van der Waals surface area contributed by atoms with Crippen molar-refractivity contribution in [1.82, 2.24) is 25.0 Å². The summed E-state index contributed by atoms with van der Waals surface area (Å²) in [4.78, 5) is 102. The predicted octanol–water partition coefficient (Wildman–Crippen LogP) is 6.39. The van der Waals surface area contributed by atoms with Crippen molar-refractivity contribution in [2.75, 3.05) is 20.2 Å². The van der Waals surface area contributed by atoms with Crippen LogP contribution in [-0.4, -0.2) is 88.0 Å². The van der Waals surface area contributed by atoms with Crippen LogP contribution in [0, 0.1) is 52.7 Å². The number of ether oxygens (including phenoxy) is 3. The fraction of sp³-hybridized carbons (Fsp3) is 0.344. The molecule has 3 aliphatic rings. The van der Waals surface area contributed by atoms with Crippen molar-refractivity contribution in [3.8, 4) is 11.5 Å². The second-order valence-electron chi connectivity index (χ2n) is 20.7. The number of esters is 1.